The molecule has 2 fully saturated rings. The molecule has 28 heavy (non-hydrogen) atoms. The number of rotatable bonds is 6. The zero-order chi connectivity index (χ0) is 19.4. The van der Waals surface area contributed by atoms with Crippen molar-refractivity contribution in [1.29, 1.82) is 0 Å². The second-order valence-corrected chi connectivity index (χ2v) is 8.62. The van der Waals surface area contributed by atoms with E-state index in [9.17, 15) is 0 Å². The molecule has 2 saturated heterocycles. The van der Waals surface area contributed by atoms with E-state index in [2.05, 4.69) is 51.0 Å². The molecule has 0 amide bonds. The summed E-state index contributed by atoms with van der Waals surface area (Å²) in [6.07, 6.45) is 7.98. The molecule has 1 aromatic carbocycles. The van der Waals surface area contributed by atoms with Crippen molar-refractivity contribution in [3.8, 4) is 11.4 Å². The fourth-order valence-corrected chi connectivity index (χ4v) is 4.85. The highest BCUT2D eigenvalue weighted by Gasteiger charge is 2.41. The van der Waals surface area contributed by atoms with Crippen LogP contribution in [0, 0.1) is 12.3 Å². The second kappa shape index (κ2) is 8.68. The average Bonchev–Trinajstić information content (AvgIpc) is 3.08. The smallest absolute Gasteiger partial charge is 0.159 e. The van der Waals surface area contributed by atoms with E-state index < -0.39 is 0 Å². The Morgan fingerprint density at radius 2 is 1.89 bits per heavy atom. The lowest BCUT2D eigenvalue weighted by molar-refractivity contribution is 0.0673. The predicted molar refractivity (Wildman–Crippen MR) is 112 cm³/mol. The molecule has 2 aliphatic rings. The number of methoxy groups -OCH3 is 1. The molecule has 5 heteroatoms. The fraction of sp³-hybridized carbons (Fsp3) is 0.565. The van der Waals surface area contributed by atoms with Crippen molar-refractivity contribution in [2.45, 2.75) is 32.7 Å². The first kappa shape index (κ1) is 19.5. The number of hydrogen-bond acceptors (Lipinski definition) is 5. The van der Waals surface area contributed by atoms with Crippen LogP contribution in [0.4, 0.5) is 0 Å². The van der Waals surface area contributed by atoms with Crippen molar-refractivity contribution in [3.63, 3.8) is 0 Å². The van der Waals surface area contributed by atoms with Crippen molar-refractivity contribution < 1.29 is 4.74 Å². The molecule has 150 valence electrons. The van der Waals surface area contributed by atoms with Gasteiger partial charge in [-0.2, -0.15) is 0 Å². The SMILES string of the molecule is COCCN1CCCC2(CCN(Cc3cnc(-c4cccc(C)c4)nc3)C2)C1. The monoisotopic (exact) mass is 380 g/mol. The molecule has 3 heterocycles. The number of ether oxygens (including phenoxy) is 1. The fourth-order valence-electron chi connectivity index (χ4n) is 4.85. The molecule has 1 unspecified atom stereocenters. The van der Waals surface area contributed by atoms with Gasteiger partial charge >= 0.3 is 0 Å². The summed E-state index contributed by atoms with van der Waals surface area (Å²) in [4.78, 5) is 14.4. The van der Waals surface area contributed by atoms with E-state index in [0.717, 1.165) is 31.1 Å². The highest BCUT2D eigenvalue weighted by molar-refractivity contribution is 5.55. The van der Waals surface area contributed by atoms with Gasteiger partial charge in [0.15, 0.2) is 5.82 Å². The summed E-state index contributed by atoms with van der Waals surface area (Å²) in [7, 11) is 1.79. The van der Waals surface area contributed by atoms with Gasteiger partial charge in [-0.3, -0.25) is 4.90 Å². The lowest BCUT2D eigenvalue weighted by Gasteiger charge is -2.40. The molecular formula is C23H32N4O. The molecule has 0 aliphatic carbocycles. The molecule has 0 N–H and O–H groups in total. The summed E-state index contributed by atoms with van der Waals surface area (Å²) in [6, 6.07) is 8.37. The van der Waals surface area contributed by atoms with E-state index in [1.54, 1.807) is 7.11 Å². The summed E-state index contributed by atoms with van der Waals surface area (Å²) in [5.74, 6) is 0.811. The Kier molecular flexibility index (Phi) is 6.04. The zero-order valence-corrected chi connectivity index (χ0v) is 17.2. The number of hydrogen-bond donors (Lipinski definition) is 0. The summed E-state index contributed by atoms with van der Waals surface area (Å²) in [5, 5.41) is 0. The van der Waals surface area contributed by atoms with Crippen LogP contribution < -0.4 is 0 Å². The first-order valence-electron chi connectivity index (χ1n) is 10.5. The van der Waals surface area contributed by atoms with Crippen LogP contribution in [0.3, 0.4) is 0 Å². The van der Waals surface area contributed by atoms with Crippen LogP contribution in [0.1, 0.15) is 30.4 Å². The average molecular weight is 381 g/mol. The minimum Gasteiger partial charge on any atom is -0.383 e. The standard InChI is InChI=1S/C23H32N4O/c1-19-5-3-6-21(13-19)22-24-14-20(15-25-22)16-27-10-8-23(18-27)7-4-9-26(17-23)11-12-28-2/h3,5-6,13-15H,4,7-12,16-18H2,1-2H3. The number of benzene rings is 1. The van der Waals surface area contributed by atoms with Gasteiger partial charge < -0.3 is 9.64 Å². The predicted octanol–water partition coefficient (Wildman–Crippen LogP) is 3.39. The van der Waals surface area contributed by atoms with Gasteiger partial charge in [0.1, 0.15) is 0 Å². The summed E-state index contributed by atoms with van der Waals surface area (Å²) in [5.41, 5.74) is 4.00. The first-order chi connectivity index (χ1) is 13.7. The van der Waals surface area contributed by atoms with Crippen LogP contribution >= 0.6 is 0 Å². The Bertz CT molecular complexity index is 778. The number of aryl methyl sites for hydroxylation is 1. The van der Waals surface area contributed by atoms with Crippen LogP contribution in [0.5, 0.6) is 0 Å². The van der Waals surface area contributed by atoms with Crippen LogP contribution in [-0.2, 0) is 11.3 Å². The first-order valence-corrected chi connectivity index (χ1v) is 10.5. The van der Waals surface area contributed by atoms with Crippen LogP contribution in [0.15, 0.2) is 36.7 Å². The third kappa shape index (κ3) is 4.59. The van der Waals surface area contributed by atoms with Gasteiger partial charge in [-0.05, 0) is 50.8 Å². The molecule has 0 saturated carbocycles. The van der Waals surface area contributed by atoms with Crippen molar-refractivity contribution >= 4 is 0 Å². The number of aromatic nitrogens is 2. The van der Waals surface area contributed by atoms with Crippen molar-refractivity contribution in [2.75, 3.05) is 46.4 Å². The highest BCUT2D eigenvalue weighted by Crippen LogP contribution is 2.39. The normalized spacial score (nSPS) is 23.5. The van der Waals surface area contributed by atoms with Crippen LogP contribution in [0.2, 0.25) is 0 Å². The summed E-state index contributed by atoms with van der Waals surface area (Å²) >= 11 is 0. The zero-order valence-electron chi connectivity index (χ0n) is 17.2. The van der Waals surface area contributed by atoms with Crippen molar-refractivity contribution in [3.05, 3.63) is 47.8 Å². The second-order valence-electron chi connectivity index (χ2n) is 8.62. The summed E-state index contributed by atoms with van der Waals surface area (Å²) < 4.78 is 5.28. The van der Waals surface area contributed by atoms with Gasteiger partial charge in [0, 0.05) is 56.8 Å². The molecule has 1 aromatic heterocycles. The highest BCUT2D eigenvalue weighted by atomic mass is 16.5. The van der Waals surface area contributed by atoms with Crippen molar-refractivity contribution in [2.24, 2.45) is 5.41 Å². The molecule has 2 aliphatic heterocycles. The maximum absolute atomic E-state index is 5.28. The Morgan fingerprint density at radius 1 is 1.07 bits per heavy atom. The van der Waals surface area contributed by atoms with E-state index in [0.29, 0.717) is 5.41 Å². The molecule has 2 aromatic rings. The molecule has 1 atom stereocenters. The lowest BCUT2D eigenvalue weighted by Crippen LogP contribution is -2.45. The number of likely N-dealkylation sites (tertiary alicyclic amines) is 2. The van der Waals surface area contributed by atoms with E-state index in [1.807, 2.05) is 12.4 Å². The van der Waals surface area contributed by atoms with Crippen LogP contribution in [0.25, 0.3) is 11.4 Å². The molecule has 1 spiro atoms. The number of piperidine rings is 1. The van der Waals surface area contributed by atoms with Gasteiger partial charge in [-0.1, -0.05) is 23.8 Å². The summed E-state index contributed by atoms with van der Waals surface area (Å²) in [6.45, 7) is 9.76. The quantitative estimate of drug-likeness (QED) is 0.768. The van der Waals surface area contributed by atoms with Gasteiger partial charge in [0.25, 0.3) is 0 Å². The Hall–Kier alpha value is -1.82. The molecule has 0 radical (unpaired) electrons. The molecule has 5 nitrogen and oxygen atoms in total. The maximum atomic E-state index is 5.28. The molecular weight excluding hydrogens is 348 g/mol. The van der Waals surface area contributed by atoms with E-state index in [-0.39, 0.29) is 0 Å². The van der Waals surface area contributed by atoms with E-state index in [4.69, 9.17) is 4.74 Å². The van der Waals surface area contributed by atoms with Gasteiger partial charge in [-0.15, -0.1) is 0 Å². The van der Waals surface area contributed by atoms with Crippen LogP contribution in [-0.4, -0.2) is 66.2 Å². The lowest BCUT2D eigenvalue weighted by atomic mass is 9.79. The molecule has 4 rings (SSSR count). The largest absolute Gasteiger partial charge is 0.383 e. The Labute approximate surface area is 168 Å². The maximum Gasteiger partial charge on any atom is 0.159 e. The third-order valence-electron chi connectivity index (χ3n) is 6.26. The Balaban J connectivity index is 1.35. The topological polar surface area (TPSA) is 41.5 Å². The minimum absolute atomic E-state index is 0.467. The van der Waals surface area contributed by atoms with Crippen molar-refractivity contribution in [1.82, 2.24) is 19.8 Å². The third-order valence-corrected chi connectivity index (χ3v) is 6.26. The van der Waals surface area contributed by atoms with Gasteiger partial charge in [0.05, 0.1) is 6.61 Å². The van der Waals surface area contributed by atoms with Gasteiger partial charge in [0.2, 0.25) is 0 Å². The number of nitrogens with zero attached hydrogens (tertiary/aromatic N) is 4. The molecule has 0 bridgehead atoms. The Morgan fingerprint density at radius 3 is 2.68 bits per heavy atom. The van der Waals surface area contributed by atoms with Gasteiger partial charge in [-0.25, -0.2) is 9.97 Å². The van der Waals surface area contributed by atoms with E-state index >= 15 is 0 Å². The van der Waals surface area contributed by atoms with E-state index in [1.165, 1.54) is 56.6 Å². The minimum atomic E-state index is 0.467.